The molecule has 0 bridgehead atoms. The molecule has 16 heavy (non-hydrogen) atoms. The van der Waals surface area contributed by atoms with Gasteiger partial charge in [-0.3, -0.25) is 0 Å². The van der Waals surface area contributed by atoms with Crippen LogP contribution in [0.1, 0.15) is 6.42 Å². The molecule has 5 nitrogen and oxygen atoms in total. The van der Waals surface area contributed by atoms with Crippen LogP contribution in [0.5, 0.6) is 0 Å². The van der Waals surface area contributed by atoms with Gasteiger partial charge < -0.3 is 21.8 Å². The van der Waals surface area contributed by atoms with Gasteiger partial charge in [0.15, 0.2) is 0 Å². The molecule has 8 heteroatoms. The van der Waals surface area contributed by atoms with E-state index in [-0.39, 0.29) is 0 Å². The average Bonchev–Trinajstić information content (AvgIpc) is 2.34. The lowest BCUT2D eigenvalue weighted by Crippen LogP contribution is -2.56. The van der Waals surface area contributed by atoms with Crippen molar-refractivity contribution in [2.24, 2.45) is 0 Å². The zero-order valence-corrected chi connectivity index (χ0v) is 13.3. The first-order chi connectivity index (χ1) is 7.51. The Hall–Kier alpha value is 0.524. The highest BCUT2D eigenvalue weighted by Crippen LogP contribution is 2.22. The maximum absolute atomic E-state index is 5.85. The molecule has 0 aromatic heterocycles. The van der Waals surface area contributed by atoms with Crippen LogP contribution in [-0.4, -0.2) is 51.9 Å². The van der Waals surface area contributed by atoms with Crippen molar-refractivity contribution in [1.82, 2.24) is 0 Å². The van der Waals surface area contributed by atoms with Gasteiger partial charge >= 0.3 is 17.6 Å². The van der Waals surface area contributed by atoms with Crippen LogP contribution in [0.4, 0.5) is 0 Å². The summed E-state index contributed by atoms with van der Waals surface area (Å²) in [4.78, 5) is 0. The van der Waals surface area contributed by atoms with Gasteiger partial charge in [-0.15, -0.1) is 11.6 Å². The van der Waals surface area contributed by atoms with Gasteiger partial charge in [-0.1, -0.05) is 0 Å². The maximum Gasteiger partial charge on any atom is 0.669 e. The van der Waals surface area contributed by atoms with E-state index in [1.807, 2.05) is 6.55 Å². The van der Waals surface area contributed by atoms with Crippen molar-refractivity contribution in [2.45, 2.75) is 19.0 Å². The molecular weight excluding hydrogens is 268 g/mol. The van der Waals surface area contributed by atoms with Gasteiger partial charge in [0.05, 0.1) is 0 Å². The predicted octanol–water partition coefficient (Wildman–Crippen LogP) is 1.73. The second kappa shape index (κ2) is 7.77. The molecule has 1 atom stereocenters. The fourth-order valence-electron chi connectivity index (χ4n) is 1.22. The minimum Gasteiger partial charge on any atom is -0.398 e. The molecule has 0 N–H and O–H groups in total. The van der Waals surface area contributed by atoms with Gasteiger partial charge in [-0.05, 0) is 19.0 Å². The van der Waals surface area contributed by atoms with E-state index in [0.717, 1.165) is 12.5 Å². The summed E-state index contributed by atoms with van der Waals surface area (Å²) in [5.41, 5.74) is 0. The van der Waals surface area contributed by atoms with Crippen molar-refractivity contribution < 1.29 is 21.8 Å². The van der Waals surface area contributed by atoms with Gasteiger partial charge in [0.2, 0.25) is 0 Å². The van der Waals surface area contributed by atoms with E-state index < -0.39 is 17.6 Å². The lowest BCUT2D eigenvalue weighted by atomic mass is 10.6. The molecule has 0 heterocycles. The molecule has 0 amide bonds. The summed E-state index contributed by atoms with van der Waals surface area (Å²) in [7, 11) is 0.771. The van der Waals surface area contributed by atoms with Crippen LogP contribution in [0.15, 0.2) is 0 Å². The molecule has 0 saturated carbocycles. The summed E-state index contributed by atoms with van der Waals surface area (Å²) >= 11 is 5.67. The minimum atomic E-state index is -3.03. The molecule has 98 valence electrons. The molecule has 0 aliphatic heterocycles. The first-order valence-corrected chi connectivity index (χ1v) is 9.67. The lowest BCUT2D eigenvalue weighted by molar-refractivity contribution is 0.0368. The molecule has 0 fully saturated rings. The first kappa shape index (κ1) is 16.5. The third kappa shape index (κ3) is 4.80. The summed E-state index contributed by atoms with van der Waals surface area (Å²) in [6.45, 7) is 1.94. The van der Waals surface area contributed by atoms with E-state index >= 15 is 0 Å². The number of halogens is 1. The van der Waals surface area contributed by atoms with Gasteiger partial charge in [0.25, 0.3) is 0 Å². The van der Waals surface area contributed by atoms with Crippen LogP contribution in [0, 0.1) is 0 Å². The number of hydrogen-bond donors (Lipinski definition) is 0. The van der Waals surface area contributed by atoms with Crippen LogP contribution < -0.4 is 0 Å². The van der Waals surface area contributed by atoms with E-state index in [1.54, 1.807) is 7.11 Å². The van der Waals surface area contributed by atoms with Crippen molar-refractivity contribution in [1.29, 1.82) is 0 Å². The van der Waals surface area contributed by atoms with Crippen molar-refractivity contribution >= 4 is 29.2 Å². The topological polar surface area (TPSA) is 46.2 Å². The Bertz CT molecular complexity index is 185. The quantitative estimate of drug-likeness (QED) is 0.478. The summed E-state index contributed by atoms with van der Waals surface area (Å²) in [6.07, 6.45) is 0.833. The number of rotatable bonds is 9. The summed E-state index contributed by atoms with van der Waals surface area (Å²) in [6, 6.07) is 0.776. The zero-order chi connectivity index (χ0) is 12.7. The molecule has 0 aliphatic carbocycles. The molecule has 0 aromatic carbocycles. The monoisotopic (exact) mass is 288 g/mol. The Morgan fingerprint density at radius 3 is 1.75 bits per heavy atom. The van der Waals surface area contributed by atoms with Crippen LogP contribution >= 0.6 is 11.6 Å². The van der Waals surface area contributed by atoms with Gasteiger partial charge in [-0.25, -0.2) is 0 Å². The Balaban J connectivity index is 4.58. The largest absolute Gasteiger partial charge is 0.669 e. The highest BCUT2D eigenvalue weighted by atomic mass is 35.5. The van der Waals surface area contributed by atoms with Crippen LogP contribution in [0.3, 0.4) is 0 Å². The van der Waals surface area contributed by atoms with E-state index in [2.05, 4.69) is 0 Å². The fourth-order valence-corrected chi connectivity index (χ4v) is 6.96. The molecule has 0 radical (unpaired) electrons. The van der Waals surface area contributed by atoms with Crippen LogP contribution in [0.2, 0.25) is 12.6 Å². The van der Waals surface area contributed by atoms with E-state index in [1.165, 1.54) is 21.3 Å². The third-order valence-corrected chi connectivity index (χ3v) is 8.91. The maximum atomic E-state index is 5.85. The normalized spacial score (nSPS) is 16.1. The van der Waals surface area contributed by atoms with E-state index in [4.69, 9.17) is 33.4 Å². The number of alkyl halides is 1. The van der Waals surface area contributed by atoms with E-state index in [0.29, 0.717) is 5.88 Å². The Morgan fingerprint density at radius 2 is 1.44 bits per heavy atom. The van der Waals surface area contributed by atoms with Crippen LogP contribution in [0.25, 0.3) is 0 Å². The van der Waals surface area contributed by atoms with Gasteiger partial charge in [-0.2, -0.15) is 0 Å². The van der Waals surface area contributed by atoms with Crippen LogP contribution in [-0.2, 0) is 21.8 Å². The van der Waals surface area contributed by atoms with E-state index in [9.17, 15) is 0 Å². The standard InChI is InChI=1S/C8H21ClO5Si2/c1-10-15(5,8-6-7-9)14-16(11-2,12-3)13-4/h6-8H2,1-5H3. The molecule has 0 aromatic rings. The van der Waals surface area contributed by atoms with Crippen molar-refractivity contribution in [3.63, 3.8) is 0 Å². The second-order valence-corrected chi connectivity index (χ2v) is 9.94. The van der Waals surface area contributed by atoms with Crippen molar-refractivity contribution in [2.75, 3.05) is 34.3 Å². The van der Waals surface area contributed by atoms with Gasteiger partial charge in [0.1, 0.15) is 0 Å². The predicted molar refractivity (Wildman–Crippen MR) is 66.6 cm³/mol. The summed E-state index contributed by atoms with van der Waals surface area (Å²) in [5.74, 6) is 0.580. The Morgan fingerprint density at radius 1 is 0.938 bits per heavy atom. The second-order valence-electron chi connectivity index (χ2n) is 3.34. The molecule has 0 saturated heterocycles. The minimum absolute atomic E-state index is 0.580. The Kier molecular flexibility index (Phi) is 8.03. The highest BCUT2D eigenvalue weighted by molar-refractivity contribution is 6.75. The van der Waals surface area contributed by atoms with Crippen molar-refractivity contribution in [3.05, 3.63) is 0 Å². The average molecular weight is 289 g/mol. The third-order valence-electron chi connectivity index (χ3n) is 2.29. The highest BCUT2D eigenvalue weighted by Gasteiger charge is 2.50. The summed E-state index contributed by atoms with van der Waals surface area (Å²) in [5, 5.41) is 0. The lowest BCUT2D eigenvalue weighted by Gasteiger charge is -2.33. The van der Waals surface area contributed by atoms with Crippen molar-refractivity contribution in [3.8, 4) is 0 Å². The molecule has 1 unspecified atom stereocenters. The SMILES string of the molecule is CO[Si](C)(CCCCl)O[Si](OC)(OC)OC. The molecule has 0 rings (SSSR count). The summed E-state index contributed by atoms with van der Waals surface area (Å²) < 4.78 is 26.9. The molecular formula is C8H21ClO5Si2. The fraction of sp³-hybridized carbons (Fsp3) is 1.00. The smallest absolute Gasteiger partial charge is 0.398 e. The number of hydrogen-bond acceptors (Lipinski definition) is 5. The zero-order valence-electron chi connectivity index (χ0n) is 10.5. The molecule has 0 aliphatic rings. The Labute approximate surface area is 105 Å². The van der Waals surface area contributed by atoms with Gasteiger partial charge in [0, 0.05) is 34.3 Å². The first-order valence-electron chi connectivity index (χ1n) is 4.98. The molecule has 0 spiro atoms.